The third-order valence-electron chi connectivity index (χ3n) is 3.66. The molecule has 0 aromatic rings. The van der Waals surface area contributed by atoms with Crippen molar-refractivity contribution in [2.24, 2.45) is 11.8 Å². The molecule has 7 nitrogen and oxygen atoms in total. The van der Waals surface area contributed by atoms with Gasteiger partial charge in [-0.3, -0.25) is 9.59 Å². The number of carbonyl (C=O) groups excluding carboxylic acids is 3. The second kappa shape index (κ2) is 6.64. The van der Waals surface area contributed by atoms with Crippen molar-refractivity contribution in [1.82, 2.24) is 0 Å². The van der Waals surface area contributed by atoms with Crippen LogP contribution in [-0.2, 0) is 33.3 Å². The van der Waals surface area contributed by atoms with Crippen LogP contribution >= 0.6 is 0 Å². The van der Waals surface area contributed by atoms with Crippen molar-refractivity contribution in [3.05, 3.63) is 23.5 Å². The van der Waals surface area contributed by atoms with E-state index < -0.39 is 24.2 Å². The summed E-state index contributed by atoms with van der Waals surface area (Å²) in [6.45, 7) is 2.67. The van der Waals surface area contributed by atoms with Crippen LogP contribution in [0.4, 0.5) is 0 Å². The van der Waals surface area contributed by atoms with Gasteiger partial charge in [-0.05, 0) is 12.0 Å². The van der Waals surface area contributed by atoms with E-state index in [1.165, 1.54) is 27.2 Å². The van der Waals surface area contributed by atoms with Gasteiger partial charge in [0.05, 0.1) is 24.9 Å². The summed E-state index contributed by atoms with van der Waals surface area (Å²) in [4.78, 5) is 34.0. The van der Waals surface area contributed by atoms with Crippen LogP contribution in [0.25, 0.3) is 0 Å². The molecule has 0 fully saturated rings. The van der Waals surface area contributed by atoms with Crippen molar-refractivity contribution >= 4 is 17.9 Å². The first kappa shape index (κ1) is 16.1. The smallest absolute Gasteiger partial charge is 0.337 e. The van der Waals surface area contributed by atoms with Gasteiger partial charge in [-0.25, -0.2) is 4.79 Å². The predicted octanol–water partition coefficient (Wildman–Crippen LogP) is 1.09. The third kappa shape index (κ3) is 3.29. The summed E-state index contributed by atoms with van der Waals surface area (Å²) in [6.07, 6.45) is 2.87. The number of hydrogen-bond donors (Lipinski definition) is 0. The van der Waals surface area contributed by atoms with Crippen molar-refractivity contribution in [2.75, 3.05) is 13.7 Å². The number of hydrogen-bond acceptors (Lipinski definition) is 7. The predicted molar refractivity (Wildman–Crippen MR) is 73.1 cm³/mol. The molecule has 0 saturated carbocycles. The lowest BCUT2D eigenvalue weighted by molar-refractivity contribution is -0.180. The Morgan fingerprint density at radius 3 is 2.59 bits per heavy atom. The summed E-state index contributed by atoms with van der Waals surface area (Å²) in [5.74, 6) is -1.98. The zero-order valence-electron chi connectivity index (χ0n) is 12.7. The molecule has 0 unspecified atom stereocenters. The lowest BCUT2D eigenvalue weighted by atomic mass is 9.83. The fourth-order valence-corrected chi connectivity index (χ4v) is 2.74. The molecular weight excluding hydrogens is 292 g/mol. The van der Waals surface area contributed by atoms with E-state index in [1.54, 1.807) is 0 Å². The summed E-state index contributed by atoms with van der Waals surface area (Å²) in [6, 6.07) is 0. The van der Waals surface area contributed by atoms with Crippen molar-refractivity contribution in [3.8, 4) is 0 Å². The molecule has 1 aliphatic carbocycles. The van der Waals surface area contributed by atoms with Crippen molar-refractivity contribution in [3.63, 3.8) is 0 Å². The zero-order valence-corrected chi connectivity index (χ0v) is 12.7. The lowest BCUT2D eigenvalue weighted by Crippen LogP contribution is -2.38. The monoisotopic (exact) mass is 310 g/mol. The highest BCUT2D eigenvalue weighted by Crippen LogP contribution is 2.43. The Bertz CT molecular complexity index is 546. The minimum absolute atomic E-state index is 0.0755. The van der Waals surface area contributed by atoms with Crippen LogP contribution < -0.4 is 0 Å². The van der Waals surface area contributed by atoms with Gasteiger partial charge in [-0.15, -0.1) is 0 Å². The summed E-state index contributed by atoms with van der Waals surface area (Å²) < 4.78 is 20.3. The van der Waals surface area contributed by atoms with E-state index in [9.17, 15) is 14.4 Å². The first-order chi connectivity index (χ1) is 10.4. The highest BCUT2D eigenvalue weighted by molar-refractivity contribution is 5.89. The van der Waals surface area contributed by atoms with Gasteiger partial charge in [0, 0.05) is 19.8 Å². The summed E-state index contributed by atoms with van der Waals surface area (Å²) in [5.41, 5.74) is 1.14. The molecule has 0 radical (unpaired) electrons. The maximum atomic E-state index is 11.8. The minimum atomic E-state index is -0.847. The normalized spacial score (nSPS) is 26.0. The molecule has 1 heterocycles. The maximum absolute atomic E-state index is 11.8. The van der Waals surface area contributed by atoms with Gasteiger partial charge in [0.2, 0.25) is 0 Å². The first-order valence-corrected chi connectivity index (χ1v) is 6.87. The molecule has 22 heavy (non-hydrogen) atoms. The second-order valence-electron chi connectivity index (χ2n) is 5.11. The Morgan fingerprint density at radius 1 is 1.27 bits per heavy atom. The van der Waals surface area contributed by atoms with Crippen LogP contribution in [0.2, 0.25) is 0 Å². The van der Waals surface area contributed by atoms with E-state index in [0.717, 1.165) is 5.57 Å². The number of rotatable bonds is 4. The van der Waals surface area contributed by atoms with Crippen molar-refractivity contribution in [1.29, 1.82) is 0 Å². The largest absolute Gasteiger partial charge is 0.466 e. The number of esters is 3. The van der Waals surface area contributed by atoms with Gasteiger partial charge >= 0.3 is 17.9 Å². The maximum Gasteiger partial charge on any atom is 0.337 e. The molecule has 0 saturated heterocycles. The molecule has 2 rings (SSSR count). The topological polar surface area (TPSA) is 88.1 Å². The first-order valence-electron chi connectivity index (χ1n) is 6.87. The minimum Gasteiger partial charge on any atom is -0.466 e. The Kier molecular flexibility index (Phi) is 4.85. The zero-order chi connectivity index (χ0) is 16.3. The quantitative estimate of drug-likeness (QED) is 0.436. The standard InChI is InChI=1S/C15H18O7/c1-8(16)20-6-10-4-5-11-12(14(18)19-3)7-21-15(13(10)11)22-9(2)17/h4,7,11,13,15H,5-6H2,1-3H3/t11-,13+,15+/m1/s1. The van der Waals surface area contributed by atoms with Crippen LogP contribution in [0, 0.1) is 11.8 Å². The van der Waals surface area contributed by atoms with Crippen molar-refractivity contribution < 1.29 is 33.3 Å². The van der Waals surface area contributed by atoms with Crippen molar-refractivity contribution in [2.45, 2.75) is 26.6 Å². The fraction of sp³-hybridized carbons (Fsp3) is 0.533. The molecule has 0 spiro atoms. The Balaban J connectivity index is 2.22. The van der Waals surface area contributed by atoms with E-state index in [2.05, 4.69) is 0 Å². The highest BCUT2D eigenvalue weighted by atomic mass is 16.7. The van der Waals surface area contributed by atoms with Gasteiger partial charge in [-0.1, -0.05) is 6.08 Å². The Hall–Kier alpha value is -2.31. The molecule has 2 aliphatic rings. The van der Waals surface area contributed by atoms with Crippen LogP contribution in [0.5, 0.6) is 0 Å². The second-order valence-corrected chi connectivity index (χ2v) is 5.11. The summed E-state index contributed by atoms with van der Waals surface area (Å²) >= 11 is 0. The molecule has 0 bridgehead atoms. The number of allylic oxidation sites excluding steroid dienone is 1. The van der Waals surface area contributed by atoms with Crippen LogP contribution in [0.1, 0.15) is 20.3 Å². The molecule has 0 amide bonds. The Labute approximate surface area is 127 Å². The van der Waals surface area contributed by atoms with E-state index in [0.29, 0.717) is 12.0 Å². The van der Waals surface area contributed by atoms with Gasteiger partial charge in [0.15, 0.2) is 0 Å². The van der Waals surface area contributed by atoms with E-state index in [-0.39, 0.29) is 18.4 Å². The van der Waals surface area contributed by atoms with E-state index >= 15 is 0 Å². The lowest BCUT2D eigenvalue weighted by Gasteiger charge is -2.34. The SMILES string of the molecule is COC(=O)C1=CO[C@@H](OC(C)=O)[C@H]2C(COC(C)=O)=CC[C@H]12. The number of carbonyl (C=O) groups is 3. The van der Waals surface area contributed by atoms with Gasteiger partial charge < -0.3 is 18.9 Å². The van der Waals surface area contributed by atoms with Gasteiger partial charge in [-0.2, -0.15) is 0 Å². The molecule has 7 heteroatoms. The summed E-state index contributed by atoms with van der Waals surface area (Å²) in [7, 11) is 1.29. The highest BCUT2D eigenvalue weighted by Gasteiger charge is 2.45. The fourth-order valence-electron chi connectivity index (χ4n) is 2.74. The summed E-state index contributed by atoms with van der Waals surface area (Å²) in [5, 5.41) is 0. The molecule has 120 valence electrons. The number of methoxy groups -OCH3 is 1. The molecular formula is C15H18O7. The van der Waals surface area contributed by atoms with Crippen LogP contribution in [0.15, 0.2) is 23.5 Å². The molecule has 0 N–H and O–H groups in total. The molecule has 1 aliphatic heterocycles. The van der Waals surface area contributed by atoms with E-state index in [1.807, 2.05) is 6.08 Å². The molecule has 0 aromatic carbocycles. The molecule has 3 atom stereocenters. The third-order valence-corrected chi connectivity index (χ3v) is 3.66. The number of ether oxygens (including phenoxy) is 4. The average molecular weight is 310 g/mol. The molecule has 0 aromatic heterocycles. The van der Waals surface area contributed by atoms with Gasteiger partial charge in [0.25, 0.3) is 6.29 Å². The Morgan fingerprint density at radius 2 is 2.00 bits per heavy atom. The number of fused-ring (bicyclic) bond motifs is 1. The van der Waals surface area contributed by atoms with Crippen LogP contribution in [-0.4, -0.2) is 37.9 Å². The van der Waals surface area contributed by atoms with Crippen LogP contribution in [0.3, 0.4) is 0 Å². The average Bonchev–Trinajstić information content (AvgIpc) is 2.88. The van der Waals surface area contributed by atoms with Gasteiger partial charge in [0.1, 0.15) is 6.61 Å². The van der Waals surface area contributed by atoms with E-state index in [4.69, 9.17) is 18.9 Å².